The summed E-state index contributed by atoms with van der Waals surface area (Å²) in [5, 5.41) is 14.5. The van der Waals surface area contributed by atoms with Crippen LogP contribution < -0.4 is 4.90 Å². The zero-order valence-electron chi connectivity index (χ0n) is 17.9. The molecule has 0 aliphatic carbocycles. The van der Waals surface area contributed by atoms with Crippen LogP contribution >= 0.6 is 0 Å². The molecule has 1 aromatic heterocycles. The van der Waals surface area contributed by atoms with E-state index in [2.05, 4.69) is 14.9 Å². The van der Waals surface area contributed by atoms with Gasteiger partial charge < -0.3 is 14.7 Å². The number of phenolic OH excluding ortho intramolecular Hbond substituents is 1. The Balaban J connectivity index is 1.53. The Bertz CT molecular complexity index is 983. The summed E-state index contributed by atoms with van der Waals surface area (Å²) in [5.74, 6) is 0.984. The zero-order valence-corrected chi connectivity index (χ0v) is 17.9. The predicted octanol–water partition coefficient (Wildman–Crippen LogP) is 3.66. The largest absolute Gasteiger partial charge is 0.508 e. The van der Waals surface area contributed by atoms with Gasteiger partial charge in [-0.25, -0.2) is 4.39 Å². The van der Waals surface area contributed by atoms with Gasteiger partial charge in [0.2, 0.25) is 0 Å². The molecule has 0 spiro atoms. The highest BCUT2D eigenvalue weighted by Crippen LogP contribution is 2.27. The van der Waals surface area contributed by atoms with Crippen LogP contribution in [0.3, 0.4) is 0 Å². The molecule has 0 radical (unpaired) electrons. The van der Waals surface area contributed by atoms with E-state index in [-0.39, 0.29) is 11.6 Å². The van der Waals surface area contributed by atoms with Gasteiger partial charge in [0.15, 0.2) is 0 Å². The maximum Gasteiger partial charge on any atom is 0.127 e. The molecule has 1 aliphatic heterocycles. The minimum Gasteiger partial charge on any atom is -0.508 e. The number of phenols is 1. The summed E-state index contributed by atoms with van der Waals surface area (Å²) >= 11 is 0. The summed E-state index contributed by atoms with van der Waals surface area (Å²) in [6.45, 7) is 6.09. The van der Waals surface area contributed by atoms with Crippen LogP contribution in [0.25, 0.3) is 11.3 Å². The maximum atomic E-state index is 13.4. The van der Waals surface area contributed by atoms with E-state index in [0.717, 1.165) is 68.5 Å². The SMILES string of the molecule is Cn1nc(-c2cccc(O)c2)cc1N(CCCN1CCOCC1)Cc1ccc(F)cc1. The van der Waals surface area contributed by atoms with Crippen LogP contribution in [-0.4, -0.2) is 59.2 Å². The molecule has 1 saturated heterocycles. The molecule has 0 saturated carbocycles. The fourth-order valence-corrected chi connectivity index (χ4v) is 3.95. The van der Waals surface area contributed by atoms with Crippen LogP contribution in [0.4, 0.5) is 10.2 Å². The number of nitrogens with zero attached hydrogens (tertiary/aromatic N) is 4. The lowest BCUT2D eigenvalue weighted by Crippen LogP contribution is -2.38. The molecule has 1 fully saturated rings. The first-order valence-corrected chi connectivity index (χ1v) is 10.7. The number of rotatable bonds is 8. The molecule has 1 aliphatic rings. The number of aryl methyl sites for hydroxylation is 1. The van der Waals surface area contributed by atoms with E-state index in [9.17, 15) is 9.50 Å². The maximum absolute atomic E-state index is 13.4. The number of morpholine rings is 1. The van der Waals surface area contributed by atoms with E-state index in [4.69, 9.17) is 4.74 Å². The van der Waals surface area contributed by atoms with E-state index >= 15 is 0 Å². The van der Waals surface area contributed by atoms with Crippen LogP contribution in [0.5, 0.6) is 5.75 Å². The Morgan fingerprint density at radius 3 is 2.61 bits per heavy atom. The van der Waals surface area contributed by atoms with Crippen LogP contribution in [-0.2, 0) is 18.3 Å². The van der Waals surface area contributed by atoms with Crippen molar-refractivity contribution in [3.8, 4) is 17.0 Å². The van der Waals surface area contributed by atoms with Crippen molar-refractivity contribution < 1.29 is 14.2 Å². The second kappa shape index (κ2) is 9.94. The second-order valence-electron chi connectivity index (χ2n) is 7.92. The Morgan fingerprint density at radius 1 is 1.10 bits per heavy atom. The van der Waals surface area contributed by atoms with Gasteiger partial charge in [-0.05, 0) is 36.2 Å². The zero-order chi connectivity index (χ0) is 21.6. The van der Waals surface area contributed by atoms with Crippen molar-refractivity contribution in [2.24, 2.45) is 7.05 Å². The van der Waals surface area contributed by atoms with Gasteiger partial charge in [-0.2, -0.15) is 5.10 Å². The van der Waals surface area contributed by atoms with E-state index in [1.54, 1.807) is 12.1 Å². The van der Waals surface area contributed by atoms with Crippen LogP contribution in [0, 0.1) is 5.82 Å². The molecule has 0 atom stereocenters. The van der Waals surface area contributed by atoms with Gasteiger partial charge in [-0.3, -0.25) is 9.58 Å². The van der Waals surface area contributed by atoms with Gasteiger partial charge in [-0.15, -0.1) is 0 Å². The summed E-state index contributed by atoms with van der Waals surface area (Å²) < 4.78 is 20.7. The highest BCUT2D eigenvalue weighted by molar-refractivity contribution is 5.65. The number of anilines is 1. The minimum atomic E-state index is -0.227. The van der Waals surface area contributed by atoms with Crippen molar-refractivity contribution in [3.05, 3.63) is 66.0 Å². The van der Waals surface area contributed by atoms with E-state index in [0.29, 0.717) is 6.54 Å². The fraction of sp³-hybridized carbons (Fsp3) is 0.375. The lowest BCUT2D eigenvalue weighted by molar-refractivity contribution is 0.0376. The average molecular weight is 425 g/mol. The Morgan fingerprint density at radius 2 is 1.87 bits per heavy atom. The molecular formula is C24H29FN4O2. The summed E-state index contributed by atoms with van der Waals surface area (Å²) in [7, 11) is 1.93. The summed E-state index contributed by atoms with van der Waals surface area (Å²) in [4.78, 5) is 4.72. The van der Waals surface area contributed by atoms with Gasteiger partial charge in [0.25, 0.3) is 0 Å². The standard InChI is InChI=1S/C24H29FN4O2/c1-27-24(17-23(26-27)20-4-2-5-22(30)16-20)29(18-19-6-8-21(25)9-7-19)11-3-10-28-12-14-31-15-13-28/h2,4-9,16-17,30H,3,10-15,18H2,1H3. The van der Waals surface area contributed by atoms with Gasteiger partial charge in [0.05, 0.1) is 18.9 Å². The normalized spacial score (nSPS) is 14.6. The third-order valence-corrected chi connectivity index (χ3v) is 5.61. The molecule has 164 valence electrons. The molecule has 0 amide bonds. The molecule has 7 heteroatoms. The van der Waals surface area contributed by atoms with Crippen molar-refractivity contribution in [1.82, 2.24) is 14.7 Å². The van der Waals surface area contributed by atoms with Crippen molar-refractivity contribution in [2.45, 2.75) is 13.0 Å². The van der Waals surface area contributed by atoms with Crippen molar-refractivity contribution in [1.29, 1.82) is 0 Å². The molecule has 4 rings (SSSR count). The first-order chi connectivity index (χ1) is 15.1. The Hall–Kier alpha value is -2.90. The van der Waals surface area contributed by atoms with Gasteiger partial charge >= 0.3 is 0 Å². The number of hydrogen-bond donors (Lipinski definition) is 1. The Labute approximate surface area is 182 Å². The lowest BCUT2D eigenvalue weighted by atomic mass is 10.1. The fourth-order valence-electron chi connectivity index (χ4n) is 3.95. The van der Waals surface area contributed by atoms with Crippen LogP contribution in [0.1, 0.15) is 12.0 Å². The molecule has 2 aromatic carbocycles. The molecule has 0 bridgehead atoms. The van der Waals surface area contributed by atoms with E-state index < -0.39 is 0 Å². The number of benzene rings is 2. The first kappa shape index (κ1) is 21.3. The number of aromatic nitrogens is 2. The molecule has 2 heterocycles. The second-order valence-corrected chi connectivity index (χ2v) is 7.92. The van der Waals surface area contributed by atoms with Crippen molar-refractivity contribution in [2.75, 3.05) is 44.3 Å². The third kappa shape index (κ3) is 5.62. The average Bonchev–Trinajstić information content (AvgIpc) is 3.17. The van der Waals surface area contributed by atoms with E-state index in [1.165, 1.54) is 12.1 Å². The molecule has 0 unspecified atom stereocenters. The van der Waals surface area contributed by atoms with Crippen LogP contribution in [0.15, 0.2) is 54.6 Å². The monoisotopic (exact) mass is 424 g/mol. The molecule has 3 aromatic rings. The van der Waals surface area contributed by atoms with Crippen molar-refractivity contribution >= 4 is 5.82 Å². The van der Waals surface area contributed by atoms with Crippen LogP contribution in [0.2, 0.25) is 0 Å². The number of hydrogen-bond acceptors (Lipinski definition) is 5. The smallest absolute Gasteiger partial charge is 0.127 e. The minimum absolute atomic E-state index is 0.221. The van der Waals surface area contributed by atoms with Crippen molar-refractivity contribution in [3.63, 3.8) is 0 Å². The van der Waals surface area contributed by atoms with Gasteiger partial charge in [-0.1, -0.05) is 24.3 Å². The number of halogens is 1. The molecule has 6 nitrogen and oxygen atoms in total. The predicted molar refractivity (Wildman–Crippen MR) is 120 cm³/mol. The van der Waals surface area contributed by atoms with Gasteiger partial charge in [0.1, 0.15) is 17.4 Å². The third-order valence-electron chi connectivity index (χ3n) is 5.61. The first-order valence-electron chi connectivity index (χ1n) is 10.7. The number of ether oxygens (including phenoxy) is 1. The quantitative estimate of drug-likeness (QED) is 0.598. The Kier molecular flexibility index (Phi) is 6.84. The molecule has 31 heavy (non-hydrogen) atoms. The molecular weight excluding hydrogens is 395 g/mol. The summed E-state index contributed by atoms with van der Waals surface area (Å²) in [6, 6.07) is 15.8. The highest BCUT2D eigenvalue weighted by atomic mass is 19.1. The van der Waals surface area contributed by atoms with E-state index in [1.807, 2.05) is 42.1 Å². The highest BCUT2D eigenvalue weighted by Gasteiger charge is 2.16. The topological polar surface area (TPSA) is 53.8 Å². The lowest BCUT2D eigenvalue weighted by Gasteiger charge is -2.29. The number of aromatic hydroxyl groups is 1. The van der Waals surface area contributed by atoms with Gasteiger partial charge in [0, 0.05) is 51.4 Å². The summed E-state index contributed by atoms with van der Waals surface area (Å²) in [5.41, 5.74) is 2.73. The molecule has 1 N–H and O–H groups in total. The summed E-state index contributed by atoms with van der Waals surface area (Å²) in [6.07, 6.45) is 1.01.